The zero-order valence-electron chi connectivity index (χ0n) is 17.3. The number of nitrogens with zero attached hydrogens (tertiary/aromatic N) is 1. The molecule has 0 saturated heterocycles. The van der Waals surface area contributed by atoms with Crippen molar-refractivity contribution in [1.82, 2.24) is 9.88 Å². The van der Waals surface area contributed by atoms with Crippen molar-refractivity contribution in [3.63, 3.8) is 0 Å². The van der Waals surface area contributed by atoms with Gasteiger partial charge in [-0.25, -0.2) is 0 Å². The second-order valence-corrected chi connectivity index (χ2v) is 7.99. The van der Waals surface area contributed by atoms with Crippen LogP contribution in [0.2, 0.25) is 0 Å². The van der Waals surface area contributed by atoms with Crippen molar-refractivity contribution in [1.29, 1.82) is 0 Å². The Morgan fingerprint density at radius 1 is 0.968 bits per heavy atom. The molecule has 0 atom stereocenters. The Morgan fingerprint density at radius 3 is 2.39 bits per heavy atom. The van der Waals surface area contributed by atoms with Crippen molar-refractivity contribution in [3.8, 4) is 11.5 Å². The van der Waals surface area contributed by atoms with Crippen molar-refractivity contribution < 1.29 is 14.3 Å². The monoisotopic (exact) mass is 434 g/mol. The van der Waals surface area contributed by atoms with Crippen molar-refractivity contribution in [2.75, 3.05) is 14.2 Å². The van der Waals surface area contributed by atoms with Crippen LogP contribution >= 0.6 is 11.3 Å². The second kappa shape index (κ2) is 9.06. The van der Waals surface area contributed by atoms with Gasteiger partial charge in [0.05, 0.1) is 31.2 Å². The maximum atomic E-state index is 13.2. The van der Waals surface area contributed by atoms with Crippen LogP contribution in [0.4, 0.5) is 0 Å². The number of H-pyrrole nitrogens is 1. The van der Waals surface area contributed by atoms with Gasteiger partial charge in [-0.2, -0.15) is 0 Å². The van der Waals surface area contributed by atoms with E-state index >= 15 is 0 Å². The molecular weight excluding hydrogens is 412 g/mol. The van der Waals surface area contributed by atoms with E-state index < -0.39 is 0 Å². The third-order valence-electron chi connectivity index (χ3n) is 5.02. The summed E-state index contributed by atoms with van der Waals surface area (Å²) >= 11 is 1.39. The highest BCUT2D eigenvalue weighted by Crippen LogP contribution is 2.31. The first-order valence-electron chi connectivity index (χ1n) is 9.73. The minimum Gasteiger partial charge on any atom is -0.493 e. The number of rotatable bonds is 7. The summed E-state index contributed by atoms with van der Waals surface area (Å²) in [6.45, 7) is 0.590. The summed E-state index contributed by atoms with van der Waals surface area (Å²) in [5.74, 6) is 1.01. The SMILES string of the molecule is COc1cc2cc(CN(Cc3ccccc3)C(=O)c3cccs3)c(=O)[nH]c2cc1OC. The fraction of sp³-hybridized carbons (Fsp3) is 0.167. The van der Waals surface area contributed by atoms with Gasteiger partial charge in [0.25, 0.3) is 11.5 Å². The summed E-state index contributed by atoms with van der Waals surface area (Å²) in [6.07, 6.45) is 0. The number of carbonyl (C=O) groups excluding carboxylic acids is 1. The molecule has 0 aliphatic carbocycles. The van der Waals surface area contributed by atoms with Crippen molar-refractivity contribution in [2.24, 2.45) is 0 Å². The lowest BCUT2D eigenvalue weighted by atomic mass is 10.1. The molecule has 0 spiro atoms. The third kappa shape index (κ3) is 4.46. The molecule has 2 aromatic heterocycles. The van der Waals surface area contributed by atoms with Gasteiger partial charge in [-0.15, -0.1) is 11.3 Å². The number of benzene rings is 2. The number of hydrogen-bond donors (Lipinski definition) is 1. The van der Waals surface area contributed by atoms with E-state index in [-0.39, 0.29) is 18.0 Å². The van der Waals surface area contributed by atoms with Crippen LogP contribution < -0.4 is 15.0 Å². The predicted molar refractivity (Wildman–Crippen MR) is 122 cm³/mol. The molecule has 6 nitrogen and oxygen atoms in total. The Kier molecular flexibility index (Phi) is 6.04. The minimum atomic E-state index is -0.239. The Morgan fingerprint density at radius 2 is 1.71 bits per heavy atom. The van der Waals surface area contributed by atoms with Gasteiger partial charge in [0.2, 0.25) is 0 Å². The van der Waals surface area contributed by atoms with E-state index in [0.29, 0.717) is 34.0 Å². The molecule has 4 rings (SSSR count). The molecule has 0 fully saturated rings. The first-order chi connectivity index (χ1) is 15.1. The number of aromatic nitrogens is 1. The maximum Gasteiger partial charge on any atom is 0.264 e. The molecule has 0 saturated carbocycles. The quantitative estimate of drug-likeness (QED) is 0.467. The number of nitrogens with one attached hydrogen (secondary N) is 1. The lowest BCUT2D eigenvalue weighted by Crippen LogP contribution is -2.32. The van der Waals surface area contributed by atoms with Crippen LogP contribution in [0.1, 0.15) is 20.8 Å². The van der Waals surface area contributed by atoms with Crippen LogP contribution in [-0.2, 0) is 13.1 Å². The summed E-state index contributed by atoms with van der Waals surface area (Å²) < 4.78 is 10.7. The molecule has 7 heteroatoms. The normalized spacial score (nSPS) is 10.8. The summed E-state index contributed by atoms with van der Waals surface area (Å²) in [5, 5.41) is 2.67. The predicted octanol–water partition coefficient (Wildman–Crippen LogP) is 4.45. The average molecular weight is 435 g/mol. The lowest BCUT2D eigenvalue weighted by molar-refractivity contribution is 0.0734. The molecule has 0 aliphatic rings. The molecule has 31 heavy (non-hydrogen) atoms. The van der Waals surface area contributed by atoms with Crippen LogP contribution in [0.5, 0.6) is 11.5 Å². The summed E-state index contributed by atoms with van der Waals surface area (Å²) in [5.41, 5.74) is 1.90. The largest absolute Gasteiger partial charge is 0.493 e. The van der Waals surface area contributed by atoms with Crippen molar-refractivity contribution in [2.45, 2.75) is 13.1 Å². The molecule has 1 amide bonds. The van der Waals surface area contributed by atoms with Crippen LogP contribution in [0, 0.1) is 0 Å². The Hall–Kier alpha value is -3.58. The number of carbonyl (C=O) groups is 1. The van der Waals surface area contributed by atoms with E-state index in [1.165, 1.54) is 11.3 Å². The number of pyridine rings is 1. The van der Waals surface area contributed by atoms with E-state index in [4.69, 9.17) is 9.47 Å². The highest BCUT2D eigenvalue weighted by atomic mass is 32.1. The van der Waals surface area contributed by atoms with E-state index in [1.54, 1.807) is 37.3 Å². The standard InChI is InChI=1S/C24H22N2O4S/c1-29-20-12-17-11-18(23(27)25-19(17)13-21(20)30-2)15-26(14-16-7-4-3-5-8-16)24(28)22-9-6-10-31-22/h3-13H,14-15H2,1-2H3,(H,25,27). The summed E-state index contributed by atoms with van der Waals surface area (Å²) in [7, 11) is 3.12. The molecule has 0 bridgehead atoms. The van der Waals surface area contributed by atoms with Crippen LogP contribution in [0.15, 0.2) is 70.8 Å². The molecule has 4 aromatic rings. The first-order valence-corrected chi connectivity index (χ1v) is 10.6. The molecule has 158 valence electrons. The van der Waals surface area contributed by atoms with Crippen LogP contribution in [0.3, 0.4) is 0 Å². The fourth-order valence-electron chi connectivity index (χ4n) is 3.46. The van der Waals surface area contributed by atoms with Gasteiger partial charge in [0.15, 0.2) is 11.5 Å². The van der Waals surface area contributed by atoms with Crippen LogP contribution in [-0.4, -0.2) is 30.0 Å². The lowest BCUT2D eigenvalue weighted by Gasteiger charge is -2.22. The number of hydrogen-bond acceptors (Lipinski definition) is 5. The first kappa shape index (κ1) is 20.7. The van der Waals surface area contributed by atoms with Crippen molar-refractivity contribution >= 4 is 28.1 Å². The molecule has 2 heterocycles. The van der Waals surface area contributed by atoms with Gasteiger partial charge < -0.3 is 19.4 Å². The highest BCUT2D eigenvalue weighted by molar-refractivity contribution is 7.12. The van der Waals surface area contributed by atoms with Crippen molar-refractivity contribution in [3.05, 3.63) is 92.4 Å². The van der Waals surface area contributed by atoms with Gasteiger partial charge >= 0.3 is 0 Å². The second-order valence-electron chi connectivity index (χ2n) is 7.04. The van der Waals surface area contributed by atoms with Crippen LogP contribution in [0.25, 0.3) is 10.9 Å². The van der Waals surface area contributed by atoms with E-state index in [9.17, 15) is 9.59 Å². The molecule has 2 aromatic carbocycles. The molecule has 0 unspecified atom stereocenters. The van der Waals surface area contributed by atoms with Gasteiger partial charge in [0.1, 0.15) is 0 Å². The molecule has 0 aliphatic heterocycles. The average Bonchev–Trinajstić information content (AvgIpc) is 3.33. The van der Waals surface area contributed by atoms with E-state index in [0.717, 1.165) is 10.9 Å². The highest BCUT2D eigenvalue weighted by Gasteiger charge is 2.19. The Bertz CT molecular complexity index is 1250. The number of methoxy groups -OCH3 is 2. The minimum absolute atomic E-state index is 0.106. The number of fused-ring (bicyclic) bond motifs is 1. The number of aromatic amines is 1. The molecule has 0 radical (unpaired) electrons. The summed E-state index contributed by atoms with van der Waals surface area (Å²) in [6, 6.07) is 18.7. The van der Waals surface area contributed by atoms with E-state index in [2.05, 4.69) is 4.98 Å². The zero-order chi connectivity index (χ0) is 21.8. The summed E-state index contributed by atoms with van der Waals surface area (Å²) in [4.78, 5) is 31.2. The van der Waals surface area contributed by atoms with Gasteiger partial charge in [-0.3, -0.25) is 9.59 Å². The number of thiophene rings is 1. The number of amides is 1. The van der Waals surface area contributed by atoms with E-state index in [1.807, 2.05) is 47.8 Å². The fourth-order valence-corrected chi connectivity index (χ4v) is 4.15. The maximum absolute atomic E-state index is 13.2. The van der Waals surface area contributed by atoms with Gasteiger partial charge in [-0.1, -0.05) is 36.4 Å². The smallest absolute Gasteiger partial charge is 0.264 e. The number of ether oxygens (including phenoxy) is 2. The Labute approximate surface area is 183 Å². The van der Waals surface area contributed by atoms with Gasteiger partial charge in [-0.05, 0) is 29.1 Å². The molecular formula is C24H22N2O4S. The topological polar surface area (TPSA) is 71.6 Å². The molecule has 1 N–H and O–H groups in total. The Balaban J connectivity index is 1.72. The zero-order valence-corrected chi connectivity index (χ0v) is 18.1. The third-order valence-corrected chi connectivity index (χ3v) is 5.88. The van der Waals surface area contributed by atoms with Gasteiger partial charge in [0, 0.05) is 23.6 Å².